The van der Waals surface area contributed by atoms with Crippen molar-refractivity contribution in [3.05, 3.63) is 65.7 Å². The third-order valence-corrected chi connectivity index (χ3v) is 5.51. The summed E-state index contributed by atoms with van der Waals surface area (Å²) in [5.41, 5.74) is 6.83. The fourth-order valence-corrected chi connectivity index (χ4v) is 4.26. The Morgan fingerprint density at radius 2 is 1.64 bits per heavy atom. The van der Waals surface area contributed by atoms with Gasteiger partial charge < -0.3 is 14.5 Å². The van der Waals surface area contributed by atoms with E-state index in [9.17, 15) is 10.0 Å². The van der Waals surface area contributed by atoms with Crippen molar-refractivity contribution in [3.8, 4) is 11.1 Å². The summed E-state index contributed by atoms with van der Waals surface area (Å²) in [7, 11) is -1.53. The largest absolute Gasteiger partial charge is 0.489 e. The van der Waals surface area contributed by atoms with Crippen LogP contribution >= 0.6 is 0 Å². The molecule has 0 unspecified atom stereocenters. The van der Waals surface area contributed by atoms with E-state index in [2.05, 4.69) is 50.2 Å². The quantitative estimate of drug-likeness (QED) is 0.525. The van der Waals surface area contributed by atoms with Gasteiger partial charge in [0.1, 0.15) is 11.2 Å². The molecule has 122 valence electrons. The van der Waals surface area contributed by atoms with Crippen LogP contribution in [-0.2, 0) is 5.41 Å². The first-order valence-corrected chi connectivity index (χ1v) is 8.44. The fraction of sp³-hybridized carbons (Fsp3) is 0.143. The molecule has 4 aromatic rings. The molecule has 0 amide bonds. The zero-order chi connectivity index (χ0) is 17.3. The van der Waals surface area contributed by atoms with E-state index in [1.54, 1.807) is 12.1 Å². The summed E-state index contributed by atoms with van der Waals surface area (Å²) < 4.78 is 6.04. The molecule has 3 aromatic carbocycles. The SMILES string of the molecule is CC1(C)c2ccccc2-c2cc3c(cc21)oc1cccc(B(O)O)c13. The van der Waals surface area contributed by atoms with Gasteiger partial charge in [0.05, 0.1) is 0 Å². The molecule has 1 aromatic heterocycles. The second-order valence-electron chi connectivity index (χ2n) is 7.26. The minimum Gasteiger partial charge on any atom is -0.456 e. The second-order valence-corrected chi connectivity index (χ2v) is 7.26. The highest BCUT2D eigenvalue weighted by atomic mass is 16.4. The summed E-state index contributed by atoms with van der Waals surface area (Å²) in [6, 6.07) is 18.1. The maximum Gasteiger partial charge on any atom is 0.489 e. The molecule has 0 atom stereocenters. The topological polar surface area (TPSA) is 53.6 Å². The van der Waals surface area contributed by atoms with Crippen LogP contribution in [0.2, 0.25) is 0 Å². The summed E-state index contributed by atoms with van der Waals surface area (Å²) in [5, 5.41) is 21.2. The summed E-state index contributed by atoms with van der Waals surface area (Å²) in [6.07, 6.45) is 0. The molecule has 0 saturated heterocycles. The van der Waals surface area contributed by atoms with E-state index in [4.69, 9.17) is 4.42 Å². The first kappa shape index (κ1) is 14.8. The maximum absolute atomic E-state index is 9.75. The van der Waals surface area contributed by atoms with Gasteiger partial charge >= 0.3 is 7.12 Å². The molecule has 0 saturated carbocycles. The van der Waals surface area contributed by atoms with Gasteiger partial charge in [-0.05, 0) is 45.9 Å². The van der Waals surface area contributed by atoms with E-state index in [1.807, 2.05) is 6.07 Å². The Bertz CT molecular complexity index is 1150. The Hall–Kier alpha value is -2.56. The number of hydrogen-bond donors (Lipinski definition) is 2. The Kier molecular flexibility index (Phi) is 2.80. The average molecular weight is 328 g/mol. The lowest BCUT2D eigenvalue weighted by atomic mass is 9.77. The van der Waals surface area contributed by atoms with Crippen LogP contribution < -0.4 is 5.46 Å². The number of fused-ring (bicyclic) bond motifs is 6. The van der Waals surface area contributed by atoms with Crippen molar-refractivity contribution in [2.24, 2.45) is 0 Å². The molecule has 4 heteroatoms. The van der Waals surface area contributed by atoms with Crippen LogP contribution in [0.3, 0.4) is 0 Å². The lowest BCUT2D eigenvalue weighted by Gasteiger charge is -2.21. The van der Waals surface area contributed by atoms with Crippen LogP contribution in [0.5, 0.6) is 0 Å². The van der Waals surface area contributed by atoms with Gasteiger partial charge in [-0.15, -0.1) is 0 Å². The van der Waals surface area contributed by atoms with Gasteiger partial charge in [-0.1, -0.05) is 50.2 Å². The van der Waals surface area contributed by atoms with Crippen LogP contribution in [0.25, 0.3) is 33.1 Å². The molecular weight excluding hydrogens is 311 g/mol. The number of benzene rings is 3. The smallest absolute Gasteiger partial charge is 0.456 e. The Balaban J connectivity index is 1.93. The van der Waals surface area contributed by atoms with Crippen molar-refractivity contribution in [2.75, 3.05) is 0 Å². The summed E-state index contributed by atoms with van der Waals surface area (Å²) in [6.45, 7) is 4.46. The Morgan fingerprint density at radius 3 is 2.44 bits per heavy atom. The number of hydrogen-bond acceptors (Lipinski definition) is 3. The van der Waals surface area contributed by atoms with E-state index in [0.717, 1.165) is 16.4 Å². The van der Waals surface area contributed by atoms with E-state index >= 15 is 0 Å². The van der Waals surface area contributed by atoms with Gasteiger partial charge in [-0.3, -0.25) is 0 Å². The predicted molar refractivity (Wildman–Crippen MR) is 101 cm³/mol. The normalized spacial score (nSPS) is 14.7. The van der Waals surface area contributed by atoms with Crippen LogP contribution in [-0.4, -0.2) is 17.2 Å². The number of furan rings is 1. The van der Waals surface area contributed by atoms with Crippen LogP contribution in [0.15, 0.2) is 59.0 Å². The molecule has 0 fully saturated rings. The van der Waals surface area contributed by atoms with E-state index in [0.29, 0.717) is 11.0 Å². The second kappa shape index (κ2) is 4.75. The van der Waals surface area contributed by atoms with Gasteiger partial charge in [0.25, 0.3) is 0 Å². The van der Waals surface area contributed by atoms with Gasteiger partial charge in [0.2, 0.25) is 0 Å². The fourth-order valence-electron chi connectivity index (χ4n) is 4.26. The molecular formula is C21H17BO3. The third kappa shape index (κ3) is 1.84. The Morgan fingerprint density at radius 1 is 0.840 bits per heavy atom. The predicted octanol–water partition coefficient (Wildman–Crippen LogP) is 3.57. The molecule has 5 rings (SSSR count). The third-order valence-electron chi connectivity index (χ3n) is 5.51. The van der Waals surface area contributed by atoms with Crippen molar-refractivity contribution in [3.63, 3.8) is 0 Å². The minimum absolute atomic E-state index is 0.0849. The van der Waals surface area contributed by atoms with Crippen molar-refractivity contribution < 1.29 is 14.5 Å². The monoisotopic (exact) mass is 328 g/mol. The first-order valence-electron chi connectivity index (χ1n) is 8.44. The van der Waals surface area contributed by atoms with Gasteiger partial charge in [0, 0.05) is 16.2 Å². The van der Waals surface area contributed by atoms with Crippen LogP contribution in [0.4, 0.5) is 0 Å². The van der Waals surface area contributed by atoms with Crippen molar-refractivity contribution in [1.29, 1.82) is 0 Å². The molecule has 3 nitrogen and oxygen atoms in total. The van der Waals surface area contributed by atoms with Crippen LogP contribution in [0, 0.1) is 0 Å². The summed E-state index contributed by atoms with van der Waals surface area (Å²) in [5.74, 6) is 0. The zero-order valence-corrected chi connectivity index (χ0v) is 14.1. The van der Waals surface area contributed by atoms with Crippen molar-refractivity contribution in [1.82, 2.24) is 0 Å². The average Bonchev–Trinajstić information content (AvgIpc) is 3.07. The maximum atomic E-state index is 9.75. The molecule has 1 aliphatic rings. The van der Waals surface area contributed by atoms with Gasteiger partial charge in [-0.2, -0.15) is 0 Å². The summed E-state index contributed by atoms with van der Waals surface area (Å²) in [4.78, 5) is 0. The lowest BCUT2D eigenvalue weighted by molar-refractivity contribution is 0.426. The highest BCUT2D eigenvalue weighted by Crippen LogP contribution is 2.50. The zero-order valence-electron chi connectivity index (χ0n) is 14.1. The molecule has 0 aliphatic heterocycles. The van der Waals surface area contributed by atoms with Crippen LogP contribution in [0.1, 0.15) is 25.0 Å². The molecule has 1 heterocycles. The standard InChI is InChI=1S/C21H17BO3/c1-21(2)15-7-4-3-6-12(15)13-10-14-19(11-16(13)21)25-18-9-5-8-17(20(14)18)22(23)24/h3-11,23-24H,1-2H3. The highest BCUT2D eigenvalue weighted by Gasteiger charge is 2.36. The molecule has 0 radical (unpaired) electrons. The van der Waals surface area contributed by atoms with E-state index < -0.39 is 7.12 Å². The Labute approximate surface area is 145 Å². The number of rotatable bonds is 1. The van der Waals surface area contributed by atoms with Crippen molar-refractivity contribution in [2.45, 2.75) is 19.3 Å². The molecule has 1 aliphatic carbocycles. The molecule has 2 N–H and O–H groups in total. The molecule has 0 bridgehead atoms. The summed E-state index contributed by atoms with van der Waals surface area (Å²) >= 11 is 0. The van der Waals surface area contributed by atoms with E-state index in [-0.39, 0.29) is 5.41 Å². The highest BCUT2D eigenvalue weighted by molar-refractivity contribution is 6.62. The molecule has 25 heavy (non-hydrogen) atoms. The first-order chi connectivity index (χ1) is 12.0. The minimum atomic E-state index is -1.53. The van der Waals surface area contributed by atoms with Gasteiger partial charge in [-0.25, -0.2) is 0 Å². The lowest BCUT2D eigenvalue weighted by Crippen LogP contribution is -2.30. The van der Waals surface area contributed by atoms with Gasteiger partial charge in [0.15, 0.2) is 0 Å². The molecule has 0 spiro atoms. The van der Waals surface area contributed by atoms with E-state index in [1.165, 1.54) is 22.3 Å². The van der Waals surface area contributed by atoms with Crippen molar-refractivity contribution >= 4 is 34.5 Å².